The van der Waals surface area contributed by atoms with Gasteiger partial charge in [0.05, 0.1) is 5.54 Å². The summed E-state index contributed by atoms with van der Waals surface area (Å²) in [6.45, 7) is 3.59. The Balaban J connectivity index is 2.03. The second-order valence-corrected chi connectivity index (χ2v) is 6.57. The van der Waals surface area contributed by atoms with Gasteiger partial charge in [0.25, 0.3) is 0 Å². The number of fused-ring (bicyclic) bond motifs is 1. The van der Waals surface area contributed by atoms with Gasteiger partial charge >= 0.3 is 0 Å². The van der Waals surface area contributed by atoms with E-state index in [1.165, 1.54) is 40.3 Å². The molecule has 3 rings (SSSR count). The molecule has 104 valence electrons. The Morgan fingerprint density at radius 3 is 2.70 bits per heavy atom. The first-order valence-corrected chi connectivity index (χ1v) is 7.99. The maximum atomic E-state index is 11.8. The van der Waals surface area contributed by atoms with Crippen LogP contribution in [0.1, 0.15) is 37.0 Å². The standard InChI is InChI=1S/C17H19NOS/c1-2-16(19)18-17(10-6-3-7-11-17)15-12-13-8-4-5-9-14(13)20-15/h2,4-5,8-9,12H,1,3,6-7,10-11H2,(H,18,19). The summed E-state index contributed by atoms with van der Waals surface area (Å²) in [5, 5.41) is 4.48. The summed E-state index contributed by atoms with van der Waals surface area (Å²) in [5.41, 5.74) is -0.187. The molecule has 1 saturated carbocycles. The first kappa shape index (κ1) is 13.4. The van der Waals surface area contributed by atoms with E-state index in [9.17, 15) is 4.79 Å². The van der Waals surface area contributed by atoms with Gasteiger partial charge in [-0.2, -0.15) is 0 Å². The summed E-state index contributed by atoms with van der Waals surface area (Å²) in [4.78, 5) is 13.1. The summed E-state index contributed by atoms with van der Waals surface area (Å²) in [6, 6.07) is 10.7. The molecule has 0 radical (unpaired) electrons. The largest absolute Gasteiger partial charge is 0.342 e. The number of nitrogens with one attached hydrogen (secondary N) is 1. The molecule has 2 nitrogen and oxygen atoms in total. The zero-order valence-electron chi connectivity index (χ0n) is 11.5. The number of carbonyl (C=O) groups excluding carboxylic acids is 1. The van der Waals surface area contributed by atoms with Crippen molar-refractivity contribution in [1.29, 1.82) is 0 Å². The molecule has 2 aromatic rings. The van der Waals surface area contributed by atoms with Crippen LogP contribution in [0.5, 0.6) is 0 Å². The molecule has 0 atom stereocenters. The summed E-state index contributed by atoms with van der Waals surface area (Å²) in [6.07, 6.45) is 7.04. The van der Waals surface area contributed by atoms with Gasteiger partial charge in [0, 0.05) is 9.58 Å². The van der Waals surface area contributed by atoms with E-state index in [1.54, 1.807) is 11.3 Å². The normalized spacial score (nSPS) is 17.8. The van der Waals surface area contributed by atoms with Gasteiger partial charge in [0.15, 0.2) is 0 Å². The van der Waals surface area contributed by atoms with E-state index in [4.69, 9.17) is 0 Å². The number of amides is 1. The second-order valence-electron chi connectivity index (χ2n) is 5.48. The molecule has 20 heavy (non-hydrogen) atoms. The Kier molecular flexibility index (Phi) is 3.62. The van der Waals surface area contributed by atoms with Crippen LogP contribution >= 0.6 is 11.3 Å². The van der Waals surface area contributed by atoms with Crippen LogP contribution in [0.2, 0.25) is 0 Å². The molecule has 1 amide bonds. The highest BCUT2D eigenvalue weighted by Gasteiger charge is 2.36. The summed E-state index contributed by atoms with van der Waals surface area (Å²) < 4.78 is 1.29. The number of carbonyl (C=O) groups is 1. The fourth-order valence-corrected chi connectivity index (χ4v) is 4.36. The molecule has 1 aromatic carbocycles. The van der Waals surface area contributed by atoms with Crippen LogP contribution in [0.15, 0.2) is 43.0 Å². The summed E-state index contributed by atoms with van der Waals surface area (Å²) in [5.74, 6) is -0.0654. The number of benzene rings is 1. The molecule has 1 aliphatic rings. The lowest BCUT2D eigenvalue weighted by atomic mass is 9.80. The lowest BCUT2D eigenvalue weighted by Gasteiger charge is -2.37. The third kappa shape index (κ3) is 2.38. The van der Waals surface area contributed by atoms with Crippen LogP contribution < -0.4 is 5.32 Å². The van der Waals surface area contributed by atoms with Crippen LogP contribution in [-0.4, -0.2) is 5.91 Å². The topological polar surface area (TPSA) is 29.1 Å². The molecule has 0 aliphatic heterocycles. The van der Waals surface area contributed by atoms with Crippen molar-refractivity contribution < 1.29 is 4.79 Å². The van der Waals surface area contributed by atoms with Crippen LogP contribution in [0.3, 0.4) is 0 Å². The van der Waals surface area contributed by atoms with E-state index in [-0.39, 0.29) is 11.4 Å². The third-order valence-electron chi connectivity index (χ3n) is 4.15. The highest BCUT2D eigenvalue weighted by atomic mass is 32.1. The molecule has 1 aromatic heterocycles. The van der Waals surface area contributed by atoms with Crippen molar-refractivity contribution in [3.63, 3.8) is 0 Å². The van der Waals surface area contributed by atoms with Crippen LogP contribution in [-0.2, 0) is 10.3 Å². The van der Waals surface area contributed by atoms with E-state index < -0.39 is 0 Å². The van der Waals surface area contributed by atoms with Crippen molar-refractivity contribution in [2.24, 2.45) is 0 Å². The van der Waals surface area contributed by atoms with Gasteiger partial charge < -0.3 is 5.32 Å². The number of thiophene rings is 1. The second kappa shape index (κ2) is 5.41. The summed E-state index contributed by atoms with van der Waals surface area (Å²) >= 11 is 1.81. The zero-order valence-corrected chi connectivity index (χ0v) is 12.3. The van der Waals surface area contributed by atoms with E-state index in [2.05, 4.69) is 42.2 Å². The van der Waals surface area contributed by atoms with Gasteiger partial charge in [-0.15, -0.1) is 11.3 Å². The van der Waals surface area contributed by atoms with E-state index >= 15 is 0 Å². The van der Waals surface area contributed by atoms with Crippen molar-refractivity contribution in [2.75, 3.05) is 0 Å². The van der Waals surface area contributed by atoms with Crippen molar-refractivity contribution in [3.8, 4) is 0 Å². The zero-order chi connectivity index (χ0) is 14.0. The van der Waals surface area contributed by atoms with Gasteiger partial charge in [0.1, 0.15) is 0 Å². The predicted molar refractivity (Wildman–Crippen MR) is 84.9 cm³/mol. The van der Waals surface area contributed by atoms with Gasteiger partial charge in [-0.1, -0.05) is 44.0 Å². The molecule has 1 aliphatic carbocycles. The predicted octanol–water partition coefficient (Wildman–Crippen LogP) is 4.36. The van der Waals surface area contributed by atoms with Crippen LogP contribution in [0, 0.1) is 0 Å². The van der Waals surface area contributed by atoms with Gasteiger partial charge in [-0.3, -0.25) is 4.79 Å². The molecule has 1 heterocycles. The SMILES string of the molecule is C=CC(=O)NC1(c2cc3ccccc3s2)CCCCC1. The van der Waals surface area contributed by atoms with Gasteiger partial charge in [-0.25, -0.2) is 0 Å². The fourth-order valence-electron chi connectivity index (χ4n) is 3.09. The number of rotatable bonds is 3. The monoisotopic (exact) mass is 285 g/mol. The number of hydrogen-bond donors (Lipinski definition) is 1. The van der Waals surface area contributed by atoms with E-state index in [0.717, 1.165) is 12.8 Å². The molecular formula is C17H19NOS. The molecule has 1 N–H and O–H groups in total. The fraction of sp³-hybridized carbons (Fsp3) is 0.353. The Bertz CT molecular complexity index is 604. The highest BCUT2D eigenvalue weighted by molar-refractivity contribution is 7.19. The summed E-state index contributed by atoms with van der Waals surface area (Å²) in [7, 11) is 0. The van der Waals surface area contributed by atoms with Crippen molar-refractivity contribution in [3.05, 3.63) is 47.9 Å². The van der Waals surface area contributed by atoms with Crippen LogP contribution in [0.4, 0.5) is 0 Å². The molecule has 0 bridgehead atoms. The number of hydrogen-bond acceptors (Lipinski definition) is 2. The van der Waals surface area contributed by atoms with Crippen LogP contribution in [0.25, 0.3) is 10.1 Å². The Hall–Kier alpha value is -1.61. The Labute approximate surface area is 123 Å². The van der Waals surface area contributed by atoms with E-state index in [1.807, 2.05) is 0 Å². The first-order chi connectivity index (χ1) is 9.73. The average molecular weight is 285 g/mol. The minimum atomic E-state index is -0.187. The lowest BCUT2D eigenvalue weighted by molar-refractivity contribution is -0.118. The maximum absolute atomic E-state index is 11.8. The average Bonchev–Trinajstić information content (AvgIpc) is 2.92. The Morgan fingerprint density at radius 2 is 2.00 bits per heavy atom. The smallest absolute Gasteiger partial charge is 0.244 e. The van der Waals surface area contributed by atoms with Crippen molar-refractivity contribution in [2.45, 2.75) is 37.6 Å². The minimum Gasteiger partial charge on any atom is -0.342 e. The quantitative estimate of drug-likeness (QED) is 0.834. The molecule has 0 unspecified atom stereocenters. The Morgan fingerprint density at radius 1 is 1.25 bits per heavy atom. The minimum absolute atomic E-state index is 0.0654. The third-order valence-corrected chi connectivity index (χ3v) is 5.47. The van der Waals surface area contributed by atoms with Crippen molar-refractivity contribution in [1.82, 2.24) is 5.32 Å². The molecule has 3 heteroatoms. The molecule has 0 saturated heterocycles. The van der Waals surface area contributed by atoms with E-state index in [0.29, 0.717) is 0 Å². The molecular weight excluding hydrogens is 266 g/mol. The van der Waals surface area contributed by atoms with Crippen molar-refractivity contribution >= 4 is 27.3 Å². The molecule has 1 fully saturated rings. The van der Waals surface area contributed by atoms with Gasteiger partial charge in [-0.05, 0) is 36.4 Å². The highest BCUT2D eigenvalue weighted by Crippen LogP contribution is 2.42. The molecule has 0 spiro atoms. The maximum Gasteiger partial charge on any atom is 0.244 e. The lowest BCUT2D eigenvalue weighted by Crippen LogP contribution is -2.46. The first-order valence-electron chi connectivity index (χ1n) is 7.17. The van der Waals surface area contributed by atoms with Gasteiger partial charge in [0.2, 0.25) is 5.91 Å².